The van der Waals surface area contributed by atoms with E-state index >= 15 is 0 Å². The monoisotopic (exact) mass is 330 g/mol. The lowest BCUT2D eigenvalue weighted by Gasteiger charge is -2.39. The van der Waals surface area contributed by atoms with Crippen molar-refractivity contribution in [2.45, 2.75) is 19.4 Å². The zero-order chi connectivity index (χ0) is 16.4. The lowest BCUT2D eigenvalue weighted by molar-refractivity contribution is -0.924. The molecule has 2 rings (SSSR count). The van der Waals surface area contributed by atoms with Crippen LogP contribution in [0.25, 0.3) is 0 Å². The normalized spacial score (nSPS) is 21.3. The Balaban J connectivity index is 2.18. The Morgan fingerprint density at radius 2 is 2.00 bits per heavy atom. The summed E-state index contributed by atoms with van der Waals surface area (Å²) in [6, 6.07) is 3.99. The highest BCUT2D eigenvalue weighted by atomic mass is 32.2. The number of fused-ring (bicyclic) bond motifs is 1. The Kier molecular flexibility index (Phi) is 4.99. The summed E-state index contributed by atoms with van der Waals surface area (Å²) in [5, 5.41) is 0. The highest BCUT2D eigenvalue weighted by Crippen LogP contribution is 2.38. The second-order valence-corrected chi connectivity index (χ2v) is 7.63. The molecule has 7 heteroatoms. The lowest BCUT2D eigenvalue weighted by atomic mass is 9.96. The third kappa shape index (κ3) is 3.91. The van der Waals surface area contributed by atoms with Crippen LogP contribution in [-0.2, 0) is 23.1 Å². The number of ether oxygens (including phenoxy) is 2. The van der Waals surface area contributed by atoms with Gasteiger partial charge in [-0.2, -0.15) is 8.42 Å². The van der Waals surface area contributed by atoms with Crippen LogP contribution in [0, 0.1) is 0 Å². The molecule has 6 nitrogen and oxygen atoms in total. The summed E-state index contributed by atoms with van der Waals surface area (Å²) >= 11 is 0. The highest BCUT2D eigenvalue weighted by molar-refractivity contribution is 7.85. The number of rotatable bonds is 6. The molecule has 124 valence electrons. The zero-order valence-electron chi connectivity index (χ0n) is 13.3. The van der Waals surface area contributed by atoms with Crippen LogP contribution in [0.3, 0.4) is 0 Å². The molecule has 1 unspecified atom stereocenters. The maximum absolute atomic E-state index is 10.9. The molecule has 1 heterocycles. The van der Waals surface area contributed by atoms with Gasteiger partial charge in [-0.25, -0.2) is 0 Å². The molecule has 1 N–H and O–H groups in total. The maximum Gasteiger partial charge on any atom is 0.265 e. The fourth-order valence-corrected chi connectivity index (χ4v) is 3.60. The topological polar surface area (TPSA) is 72.8 Å². The number of nitrogens with zero attached hydrogens (tertiary/aromatic N) is 1. The van der Waals surface area contributed by atoms with Gasteiger partial charge in [0.15, 0.2) is 11.5 Å². The molecule has 0 spiro atoms. The van der Waals surface area contributed by atoms with Gasteiger partial charge in [0.1, 0.15) is 6.54 Å². The van der Waals surface area contributed by atoms with E-state index in [0.29, 0.717) is 18.7 Å². The average Bonchev–Trinajstić information content (AvgIpc) is 2.44. The molecule has 1 aromatic rings. The molecule has 0 aliphatic carbocycles. The Morgan fingerprint density at radius 1 is 1.27 bits per heavy atom. The van der Waals surface area contributed by atoms with Crippen molar-refractivity contribution in [2.24, 2.45) is 0 Å². The summed E-state index contributed by atoms with van der Waals surface area (Å²) in [6.07, 6.45) is 1.36. The van der Waals surface area contributed by atoms with E-state index < -0.39 is 10.1 Å². The van der Waals surface area contributed by atoms with Gasteiger partial charge in [0, 0.05) is 12.8 Å². The van der Waals surface area contributed by atoms with Crippen molar-refractivity contribution in [1.29, 1.82) is 0 Å². The van der Waals surface area contributed by atoms with Gasteiger partial charge in [-0.1, -0.05) is 6.07 Å². The molecule has 0 fully saturated rings. The van der Waals surface area contributed by atoms with Crippen molar-refractivity contribution >= 4 is 10.1 Å². The van der Waals surface area contributed by atoms with Gasteiger partial charge < -0.3 is 14.0 Å². The molecule has 0 aromatic heterocycles. The van der Waals surface area contributed by atoms with Crippen molar-refractivity contribution in [1.82, 2.24) is 0 Å². The second kappa shape index (κ2) is 6.44. The Morgan fingerprint density at radius 3 is 2.59 bits per heavy atom. The Hall–Kier alpha value is -1.31. The zero-order valence-corrected chi connectivity index (χ0v) is 14.1. The predicted molar refractivity (Wildman–Crippen MR) is 83.9 cm³/mol. The largest absolute Gasteiger partial charge is 0.493 e. The van der Waals surface area contributed by atoms with E-state index in [0.717, 1.165) is 35.3 Å². The fraction of sp³-hybridized carbons (Fsp3) is 0.600. The van der Waals surface area contributed by atoms with E-state index in [1.54, 1.807) is 14.2 Å². The van der Waals surface area contributed by atoms with Crippen LogP contribution in [-0.4, -0.2) is 57.6 Å². The number of quaternary nitrogens is 1. The first-order valence-corrected chi connectivity index (χ1v) is 8.90. The summed E-state index contributed by atoms with van der Waals surface area (Å²) in [5.41, 5.74) is 2.38. The van der Waals surface area contributed by atoms with Gasteiger partial charge >= 0.3 is 0 Å². The number of likely N-dealkylation sites (N-methyl/N-ethyl adjacent to an activating group) is 1. The first-order valence-electron chi connectivity index (χ1n) is 7.29. The van der Waals surface area contributed by atoms with Gasteiger partial charge in [0.25, 0.3) is 10.1 Å². The van der Waals surface area contributed by atoms with Crippen molar-refractivity contribution in [3.63, 3.8) is 0 Å². The van der Waals surface area contributed by atoms with Gasteiger partial charge in [0.2, 0.25) is 0 Å². The molecule has 1 aliphatic heterocycles. The van der Waals surface area contributed by atoms with Crippen molar-refractivity contribution in [2.75, 3.05) is 40.1 Å². The minimum Gasteiger partial charge on any atom is -0.493 e. The van der Waals surface area contributed by atoms with Gasteiger partial charge in [0.05, 0.1) is 45.7 Å². The lowest BCUT2D eigenvalue weighted by Crippen LogP contribution is -2.48. The summed E-state index contributed by atoms with van der Waals surface area (Å²) in [5.74, 6) is 1.29. The average molecular weight is 330 g/mol. The first-order chi connectivity index (χ1) is 10.3. The fourth-order valence-electron chi connectivity index (χ4n) is 3.11. The Labute approximate surface area is 132 Å². The van der Waals surface area contributed by atoms with Crippen LogP contribution in [0.15, 0.2) is 12.1 Å². The van der Waals surface area contributed by atoms with Crippen LogP contribution in [0.1, 0.15) is 17.5 Å². The summed E-state index contributed by atoms with van der Waals surface area (Å²) < 4.78 is 42.2. The molecular weight excluding hydrogens is 306 g/mol. The number of benzene rings is 1. The Bertz CT molecular complexity index is 644. The molecule has 1 aromatic carbocycles. The minimum absolute atomic E-state index is 0.192. The maximum atomic E-state index is 10.9. The van der Waals surface area contributed by atoms with Gasteiger partial charge in [-0.15, -0.1) is 0 Å². The number of hydrogen-bond acceptors (Lipinski definition) is 4. The SMILES string of the molecule is COc1ccc2c(c1OC)C[N+](C)(CCCS(=O)(=O)O)CC2. The molecule has 0 saturated carbocycles. The van der Waals surface area contributed by atoms with Gasteiger partial charge in [-0.05, 0) is 11.6 Å². The van der Waals surface area contributed by atoms with E-state index in [9.17, 15) is 8.42 Å². The highest BCUT2D eigenvalue weighted by Gasteiger charge is 2.31. The summed E-state index contributed by atoms with van der Waals surface area (Å²) in [4.78, 5) is 0. The van der Waals surface area contributed by atoms with Crippen LogP contribution < -0.4 is 9.47 Å². The summed E-state index contributed by atoms with van der Waals surface area (Å²) in [7, 11) is 1.47. The number of methoxy groups -OCH3 is 2. The molecule has 0 radical (unpaired) electrons. The molecule has 0 bridgehead atoms. The molecule has 0 amide bonds. The van der Waals surface area contributed by atoms with Crippen molar-refractivity contribution in [3.05, 3.63) is 23.3 Å². The van der Waals surface area contributed by atoms with Crippen LogP contribution in [0.2, 0.25) is 0 Å². The molecule has 0 saturated heterocycles. The molecule has 1 aliphatic rings. The van der Waals surface area contributed by atoms with Gasteiger partial charge in [-0.3, -0.25) is 4.55 Å². The minimum atomic E-state index is -3.89. The third-order valence-corrected chi connectivity index (χ3v) is 5.11. The van der Waals surface area contributed by atoms with Crippen LogP contribution in [0.4, 0.5) is 0 Å². The van der Waals surface area contributed by atoms with E-state index in [-0.39, 0.29) is 5.75 Å². The quantitative estimate of drug-likeness (QED) is 0.632. The molecule has 22 heavy (non-hydrogen) atoms. The van der Waals surface area contributed by atoms with Crippen LogP contribution in [0.5, 0.6) is 11.5 Å². The molecule has 1 atom stereocenters. The van der Waals surface area contributed by atoms with Crippen molar-refractivity contribution < 1.29 is 26.9 Å². The van der Waals surface area contributed by atoms with E-state index in [4.69, 9.17) is 14.0 Å². The van der Waals surface area contributed by atoms with Crippen LogP contribution >= 0.6 is 0 Å². The predicted octanol–water partition coefficient (Wildman–Crippen LogP) is 1.48. The first kappa shape index (κ1) is 17.1. The number of hydrogen-bond donors (Lipinski definition) is 1. The van der Waals surface area contributed by atoms with E-state index in [1.807, 2.05) is 6.07 Å². The second-order valence-electron chi connectivity index (χ2n) is 6.05. The summed E-state index contributed by atoms with van der Waals surface area (Å²) in [6.45, 7) is 2.40. The van der Waals surface area contributed by atoms with Crippen molar-refractivity contribution in [3.8, 4) is 11.5 Å². The smallest absolute Gasteiger partial charge is 0.265 e. The van der Waals surface area contributed by atoms with E-state index in [2.05, 4.69) is 13.1 Å². The standard InChI is InChI=1S/C15H23NO5S/c1-16(8-4-10-22(17,18)19)9-7-12-5-6-14(20-2)15(21-3)13(12)11-16/h5-6H,4,7-11H2,1-3H3/p+1. The molecular formula is C15H24NO5S+. The third-order valence-electron chi connectivity index (χ3n) is 4.31. The van der Waals surface area contributed by atoms with E-state index in [1.165, 1.54) is 5.56 Å².